The Kier molecular flexibility index (Phi) is 5.82. The van der Waals surface area contributed by atoms with Crippen molar-refractivity contribution in [3.63, 3.8) is 0 Å². The molecule has 0 fully saturated rings. The summed E-state index contributed by atoms with van der Waals surface area (Å²) in [6.45, 7) is 0. The van der Waals surface area contributed by atoms with Crippen LogP contribution in [0.2, 0.25) is 5.02 Å². The first-order chi connectivity index (χ1) is 15.0. The van der Waals surface area contributed by atoms with E-state index in [0.29, 0.717) is 27.5 Å². The molecule has 0 unspecified atom stereocenters. The van der Waals surface area contributed by atoms with Crippen LogP contribution in [0.3, 0.4) is 0 Å². The fourth-order valence-corrected chi connectivity index (χ4v) is 3.00. The van der Waals surface area contributed by atoms with Crippen molar-refractivity contribution in [2.24, 2.45) is 4.99 Å². The van der Waals surface area contributed by atoms with Gasteiger partial charge in [0, 0.05) is 10.6 Å². The number of carbonyl (C=O) groups excluding carboxylic acids is 2. The molecule has 31 heavy (non-hydrogen) atoms. The number of carbonyl (C=O) groups is 2. The normalized spacial score (nSPS) is 14.2. The lowest BCUT2D eigenvalue weighted by Gasteiger charge is -2.10. The van der Waals surface area contributed by atoms with Crippen LogP contribution in [0.5, 0.6) is 11.5 Å². The molecule has 0 saturated carbocycles. The Morgan fingerprint density at radius 3 is 2.45 bits per heavy atom. The number of rotatable bonds is 5. The number of esters is 2. The van der Waals surface area contributed by atoms with Gasteiger partial charge >= 0.3 is 11.9 Å². The fourth-order valence-electron chi connectivity index (χ4n) is 2.87. The Balaban J connectivity index is 1.56. The van der Waals surface area contributed by atoms with Crippen LogP contribution in [-0.4, -0.2) is 24.9 Å². The van der Waals surface area contributed by atoms with E-state index in [0.717, 1.165) is 0 Å². The second-order valence-corrected chi connectivity index (χ2v) is 6.95. The number of aliphatic imine (C=N–C) groups is 1. The highest BCUT2D eigenvalue weighted by Gasteiger charge is 2.24. The molecule has 3 aromatic rings. The molecule has 154 valence electrons. The van der Waals surface area contributed by atoms with Crippen LogP contribution >= 0.6 is 11.6 Å². The number of nitrogens with zero attached hydrogens (tertiary/aromatic N) is 1. The summed E-state index contributed by atoms with van der Waals surface area (Å²) in [6.07, 6.45) is 1.57. The minimum absolute atomic E-state index is 0.159. The molecule has 7 heteroatoms. The summed E-state index contributed by atoms with van der Waals surface area (Å²) in [4.78, 5) is 28.8. The minimum atomic E-state index is -0.545. The number of cyclic esters (lactones) is 1. The molecule has 1 aliphatic heterocycles. The Labute approximate surface area is 183 Å². The number of halogens is 1. The molecule has 4 rings (SSSR count). The number of benzene rings is 3. The highest BCUT2D eigenvalue weighted by atomic mass is 35.5. The van der Waals surface area contributed by atoms with Gasteiger partial charge in [-0.15, -0.1) is 0 Å². The van der Waals surface area contributed by atoms with E-state index in [9.17, 15) is 9.59 Å². The summed E-state index contributed by atoms with van der Waals surface area (Å²) in [5.41, 5.74) is 1.86. The van der Waals surface area contributed by atoms with Crippen molar-refractivity contribution in [3.8, 4) is 11.5 Å². The van der Waals surface area contributed by atoms with Crippen LogP contribution in [0.15, 0.2) is 83.5 Å². The van der Waals surface area contributed by atoms with Gasteiger partial charge in [-0.1, -0.05) is 35.9 Å². The first-order valence-corrected chi connectivity index (χ1v) is 9.65. The van der Waals surface area contributed by atoms with Gasteiger partial charge in [-0.05, 0) is 60.2 Å². The quantitative estimate of drug-likeness (QED) is 0.324. The third-order valence-corrected chi connectivity index (χ3v) is 4.67. The summed E-state index contributed by atoms with van der Waals surface area (Å²) in [7, 11) is 1.46. The van der Waals surface area contributed by atoms with Crippen LogP contribution in [-0.2, 0) is 9.53 Å². The molecule has 0 aromatic heterocycles. The van der Waals surface area contributed by atoms with E-state index in [1.165, 1.54) is 7.11 Å². The standard InChI is InChI=1S/C24H16ClNO5/c1-29-21-14-15(7-12-20(21)30-23(27)17-8-10-18(25)11-9-17)13-19-24(28)31-22(26-19)16-5-3-2-4-6-16/h2-14H,1H3/b19-13-. The highest BCUT2D eigenvalue weighted by molar-refractivity contribution is 6.30. The third-order valence-electron chi connectivity index (χ3n) is 4.41. The SMILES string of the molecule is COc1cc(/C=C2\N=C(c3ccccc3)OC2=O)ccc1OC(=O)c1ccc(Cl)cc1. The van der Waals surface area contributed by atoms with Gasteiger partial charge in [-0.25, -0.2) is 14.6 Å². The third kappa shape index (κ3) is 4.65. The van der Waals surface area contributed by atoms with Gasteiger partial charge in [0.2, 0.25) is 5.90 Å². The van der Waals surface area contributed by atoms with Crippen LogP contribution in [0.25, 0.3) is 6.08 Å². The van der Waals surface area contributed by atoms with Gasteiger partial charge in [0.1, 0.15) is 0 Å². The molecular formula is C24H16ClNO5. The monoisotopic (exact) mass is 433 g/mol. The molecule has 0 spiro atoms. The minimum Gasteiger partial charge on any atom is -0.493 e. The van der Waals surface area contributed by atoms with Crippen molar-refractivity contribution in [3.05, 3.63) is 100 Å². The summed E-state index contributed by atoms with van der Waals surface area (Å²) in [5, 5.41) is 0.523. The largest absolute Gasteiger partial charge is 0.493 e. The van der Waals surface area contributed by atoms with E-state index in [1.807, 2.05) is 30.3 Å². The molecular weight excluding hydrogens is 418 g/mol. The Morgan fingerprint density at radius 2 is 1.74 bits per heavy atom. The smallest absolute Gasteiger partial charge is 0.363 e. The van der Waals surface area contributed by atoms with Crippen molar-refractivity contribution in [1.29, 1.82) is 0 Å². The average Bonchev–Trinajstić information content (AvgIpc) is 3.16. The molecule has 0 amide bonds. The molecule has 0 atom stereocenters. The van der Waals surface area contributed by atoms with Gasteiger partial charge in [0.15, 0.2) is 17.2 Å². The van der Waals surface area contributed by atoms with E-state index in [4.69, 9.17) is 25.8 Å². The summed E-state index contributed by atoms with van der Waals surface area (Å²) in [6, 6.07) is 20.4. The zero-order valence-electron chi connectivity index (χ0n) is 16.4. The van der Waals surface area contributed by atoms with Crippen LogP contribution in [0.1, 0.15) is 21.5 Å². The van der Waals surface area contributed by atoms with E-state index in [1.54, 1.807) is 48.5 Å². The van der Waals surface area contributed by atoms with Crippen molar-refractivity contribution in [1.82, 2.24) is 0 Å². The van der Waals surface area contributed by atoms with Gasteiger partial charge in [-0.3, -0.25) is 0 Å². The molecule has 1 heterocycles. The van der Waals surface area contributed by atoms with Crippen molar-refractivity contribution in [2.45, 2.75) is 0 Å². The number of ether oxygens (including phenoxy) is 3. The van der Waals surface area contributed by atoms with Gasteiger partial charge in [-0.2, -0.15) is 0 Å². The summed E-state index contributed by atoms with van der Waals surface area (Å²) in [5.74, 6) is -0.270. The molecule has 0 bridgehead atoms. The Morgan fingerprint density at radius 1 is 1.00 bits per heavy atom. The van der Waals surface area contributed by atoms with Crippen LogP contribution in [0, 0.1) is 0 Å². The lowest BCUT2D eigenvalue weighted by Crippen LogP contribution is -2.09. The second kappa shape index (κ2) is 8.85. The summed E-state index contributed by atoms with van der Waals surface area (Å²) >= 11 is 5.85. The maximum Gasteiger partial charge on any atom is 0.363 e. The first-order valence-electron chi connectivity index (χ1n) is 9.27. The van der Waals surface area contributed by atoms with Gasteiger partial charge < -0.3 is 14.2 Å². The molecule has 3 aromatic carbocycles. The predicted molar refractivity (Wildman–Crippen MR) is 116 cm³/mol. The molecule has 0 radical (unpaired) electrons. The van der Waals surface area contributed by atoms with Crippen molar-refractivity contribution in [2.75, 3.05) is 7.11 Å². The highest BCUT2D eigenvalue weighted by Crippen LogP contribution is 2.30. The van der Waals surface area contributed by atoms with Gasteiger partial charge in [0.05, 0.1) is 12.7 Å². The molecule has 0 aliphatic carbocycles. The lowest BCUT2D eigenvalue weighted by molar-refractivity contribution is -0.129. The molecule has 0 N–H and O–H groups in total. The van der Waals surface area contributed by atoms with E-state index < -0.39 is 11.9 Å². The molecule has 0 saturated heterocycles. The van der Waals surface area contributed by atoms with Crippen LogP contribution in [0.4, 0.5) is 0 Å². The first kappa shape index (κ1) is 20.4. The number of methoxy groups -OCH3 is 1. The maximum atomic E-state index is 12.4. The zero-order valence-corrected chi connectivity index (χ0v) is 17.1. The van der Waals surface area contributed by atoms with Crippen molar-refractivity contribution >= 4 is 35.5 Å². The maximum absolute atomic E-state index is 12.4. The van der Waals surface area contributed by atoms with E-state index in [-0.39, 0.29) is 17.3 Å². The average molecular weight is 434 g/mol. The number of hydrogen-bond acceptors (Lipinski definition) is 6. The van der Waals surface area contributed by atoms with E-state index >= 15 is 0 Å². The Bertz CT molecular complexity index is 1200. The Hall–Kier alpha value is -3.90. The second-order valence-electron chi connectivity index (χ2n) is 6.51. The van der Waals surface area contributed by atoms with Gasteiger partial charge in [0.25, 0.3) is 0 Å². The predicted octanol–water partition coefficient (Wildman–Crippen LogP) is 4.91. The summed E-state index contributed by atoms with van der Waals surface area (Å²) < 4.78 is 16.0. The topological polar surface area (TPSA) is 74.2 Å². The van der Waals surface area contributed by atoms with Crippen LogP contribution < -0.4 is 9.47 Å². The fraction of sp³-hybridized carbons (Fsp3) is 0.0417. The molecule has 1 aliphatic rings. The molecule has 6 nitrogen and oxygen atoms in total. The van der Waals surface area contributed by atoms with Crippen molar-refractivity contribution < 1.29 is 23.8 Å². The number of hydrogen-bond donors (Lipinski definition) is 0. The zero-order chi connectivity index (χ0) is 21.8. The van der Waals surface area contributed by atoms with E-state index in [2.05, 4.69) is 4.99 Å². The lowest BCUT2D eigenvalue weighted by atomic mass is 10.1.